The summed E-state index contributed by atoms with van der Waals surface area (Å²) in [7, 11) is 0. The van der Waals surface area contributed by atoms with Crippen LogP contribution < -0.4 is 10.6 Å². The molecular formula is C21H24N2O2. The third kappa shape index (κ3) is 4.69. The summed E-state index contributed by atoms with van der Waals surface area (Å²) in [5.74, 6) is 0.407. The van der Waals surface area contributed by atoms with E-state index in [-0.39, 0.29) is 11.8 Å². The predicted molar refractivity (Wildman–Crippen MR) is 101 cm³/mol. The van der Waals surface area contributed by atoms with Crippen molar-refractivity contribution in [2.75, 3.05) is 10.6 Å². The van der Waals surface area contributed by atoms with Crippen molar-refractivity contribution in [1.29, 1.82) is 0 Å². The molecule has 2 N–H and O–H groups in total. The summed E-state index contributed by atoms with van der Waals surface area (Å²) >= 11 is 0. The lowest BCUT2D eigenvalue weighted by atomic mass is 9.84. The Bertz CT molecular complexity index is 729. The van der Waals surface area contributed by atoms with Crippen molar-refractivity contribution in [1.82, 2.24) is 0 Å². The second-order valence-corrected chi connectivity index (χ2v) is 6.67. The van der Waals surface area contributed by atoms with Gasteiger partial charge in [0.25, 0.3) is 5.91 Å². The summed E-state index contributed by atoms with van der Waals surface area (Å²) in [4.78, 5) is 23.4. The van der Waals surface area contributed by atoms with E-state index in [1.54, 1.807) is 24.3 Å². The highest BCUT2D eigenvalue weighted by atomic mass is 16.2. The second-order valence-electron chi connectivity index (χ2n) is 6.67. The Morgan fingerprint density at radius 3 is 1.92 bits per heavy atom. The molecule has 1 saturated carbocycles. The molecule has 2 aromatic rings. The first-order chi connectivity index (χ1) is 12.1. The van der Waals surface area contributed by atoms with Crippen LogP contribution in [0, 0.1) is 0 Å². The zero-order chi connectivity index (χ0) is 17.6. The number of hydrogen-bond acceptors (Lipinski definition) is 2. The van der Waals surface area contributed by atoms with Gasteiger partial charge in [-0.05, 0) is 60.7 Å². The highest BCUT2D eigenvalue weighted by Gasteiger charge is 2.16. The Balaban J connectivity index is 1.61. The molecule has 4 nitrogen and oxygen atoms in total. The van der Waals surface area contributed by atoms with E-state index in [1.807, 2.05) is 12.1 Å². The van der Waals surface area contributed by atoms with Crippen LogP contribution >= 0.6 is 0 Å². The molecule has 0 bridgehead atoms. The molecule has 0 saturated heterocycles. The van der Waals surface area contributed by atoms with E-state index >= 15 is 0 Å². The number of amides is 2. The van der Waals surface area contributed by atoms with Gasteiger partial charge in [-0.15, -0.1) is 0 Å². The molecular weight excluding hydrogens is 312 g/mol. The van der Waals surface area contributed by atoms with Gasteiger partial charge in [-0.2, -0.15) is 0 Å². The largest absolute Gasteiger partial charge is 0.326 e. The average molecular weight is 336 g/mol. The Morgan fingerprint density at radius 1 is 0.800 bits per heavy atom. The zero-order valence-corrected chi connectivity index (χ0v) is 14.5. The molecule has 2 amide bonds. The maximum absolute atomic E-state index is 12.4. The molecule has 0 aliphatic heterocycles. The fourth-order valence-electron chi connectivity index (χ4n) is 3.39. The monoisotopic (exact) mass is 336 g/mol. The van der Waals surface area contributed by atoms with Gasteiger partial charge in [-0.1, -0.05) is 31.4 Å². The van der Waals surface area contributed by atoms with E-state index in [4.69, 9.17) is 0 Å². The molecule has 4 heteroatoms. The van der Waals surface area contributed by atoms with Crippen LogP contribution in [0.1, 0.15) is 60.9 Å². The SMILES string of the molecule is CC(=O)Nc1ccc(NC(=O)c2ccc(C3CCCCC3)cc2)cc1. The minimum atomic E-state index is -0.123. The van der Waals surface area contributed by atoms with Crippen molar-refractivity contribution in [3.05, 3.63) is 59.7 Å². The maximum atomic E-state index is 12.4. The van der Waals surface area contributed by atoms with Gasteiger partial charge in [-0.3, -0.25) is 9.59 Å². The topological polar surface area (TPSA) is 58.2 Å². The minimum absolute atomic E-state index is 0.116. The van der Waals surface area contributed by atoms with Crippen LogP contribution in [-0.4, -0.2) is 11.8 Å². The van der Waals surface area contributed by atoms with Crippen molar-refractivity contribution in [2.45, 2.75) is 44.9 Å². The summed E-state index contributed by atoms with van der Waals surface area (Å²) in [6, 6.07) is 15.1. The number of hydrogen-bond donors (Lipinski definition) is 2. The molecule has 0 heterocycles. The first kappa shape index (κ1) is 17.2. The summed E-state index contributed by atoms with van der Waals surface area (Å²) in [5.41, 5.74) is 3.42. The Labute approximate surface area is 148 Å². The second kappa shape index (κ2) is 7.97. The molecule has 1 aliphatic rings. The summed E-state index contributed by atoms with van der Waals surface area (Å²) in [5, 5.41) is 5.59. The molecule has 2 aromatic carbocycles. The number of anilines is 2. The van der Waals surface area contributed by atoms with Gasteiger partial charge in [0, 0.05) is 23.9 Å². The summed E-state index contributed by atoms with van der Waals surface area (Å²) < 4.78 is 0. The lowest BCUT2D eigenvalue weighted by molar-refractivity contribution is -0.114. The van der Waals surface area contributed by atoms with Crippen molar-refractivity contribution in [3.8, 4) is 0 Å². The number of benzene rings is 2. The van der Waals surface area contributed by atoms with Crippen molar-refractivity contribution >= 4 is 23.2 Å². The van der Waals surface area contributed by atoms with E-state index in [0.717, 1.165) is 0 Å². The van der Waals surface area contributed by atoms with Crippen LogP contribution in [0.3, 0.4) is 0 Å². The van der Waals surface area contributed by atoms with Gasteiger partial charge in [-0.25, -0.2) is 0 Å². The maximum Gasteiger partial charge on any atom is 0.255 e. The number of carbonyl (C=O) groups excluding carboxylic acids is 2. The standard InChI is InChI=1S/C21H24N2O2/c1-15(24)22-19-11-13-20(14-12-19)23-21(25)18-9-7-17(8-10-18)16-5-3-2-4-6-16/h7-14,16H,2-6H2,1H3,(H,22,24)(H,23,25). The summed E-state index contributed by atoms with van der Waals surface area (Å²) in [6.07, 6.45) is 6.47. The molecule has 1 aliphatic carbocycles. The normalized spacial score (nSPS) is 14.8. The lowest BCUT2D eigenvalue weighted by Gasteiger charge is -2.22. The highest BCUT2D eigenvalue weighted by molar-refractivity contribution is 6.04. The molecule has 0 radical (unpaired) electrons. The third-order valence-corrected chi connectivity index (χ3v) is 4.71. The van der Waals surface area contributed by atoms with Gasteiger partial charge in [0.2, 0.25) is 5.91 Å². The predicted octanol–water partition coefficient (Wildman–Crippen LogP) is 4.95. The first-order valence-electron chi connectivity index (χ1n) is 8.91. The lowest BCUT2D eigenvalue weighted by Crippen LogP contribution is -2.12. The zero-order valence-electron chi connectivity index (χ0n) is 14.5. The van der Waals surface area contributed by atoms with E-state index in [0.29, 0.717) is 22.9 Å². The van der Waals surface area contributed by atoms with Crippen LogP contribution in [0.15, 0.2) is 48.5 Å². The van der Waals surface area contributed by atoms with E-state index < -0.39 is 0 Å². The number of rotatable bonds is 4. The fourth-order valence-corrected chi connectivity index (χ4v) is 3.39. The Morgan fingerprint density at radius 2 is 1.36 bits per heavy atom. The number of nitrogens with one attached hydrogen (secondary N) is 2. The van der Waals surface area contributed by atoms with Crippen LogP contribution in [0.2, 0.25) is 0 Å². The smallest absolute Gasteiger partial charge is 0.255 e. The van der Waals surface area contributed by atoms with E-state index in [2.05, 4.69) is 22.8 Å². The fraction of sp³-hybridized carbons (Fsp3) is 0.333. The molecule has 0 spiro atoms. The molecule has 130 valence electrons. The van der Waals surface area contributed by atoms with Crippen LogP contribution in [0.4, 0.5) is 11.4 Å². The first-order valence-corrected chi connectivity index (χ1v) is 8.91. The van der Waals surface area contributed by atoms with E-state index in [1.165, 1.54) is 44.6 Å². The van der Waals surface area contributed by atoms with E-state index in [9.17, 15) is 9.59 Å². The Hall–Kier alpha value is -2.62. The highest BCUT2D eigenvalue weighted by Crippen LogP contribution is 2.32. The third-order valence-electron chi connectivity index (χ3n) is 4.71. The van der Waals surface area contributed by atoms with Crippen molar-refractivity contribution in [3.63, 3.8) is 0 Å². The van der Waals surface area contributed by atoms with Gasteiger partial charge >= 0.3 is 0 Å². The minimum Gasteiger partial charge on any atom is -0.326 e. The molecule has 0 atom stereocenters. The molecule has 25 heavy (non-hydrogen) atoms. The van der Waals surface area contributed by atoms with Crippen molar-refractivity contribution in [2.24, 2.45) is 0 Å². The van der Waals surface area contributed by atoms with Crippen molar-refractivity contribution < 1.29 is 9.59 Å². The quantitative estimate of drug-likeness (QED) is 0.830. The van der Waals surface area contributed by atoms with Gasteiger partial charge in [0.15, 0.2) is 0 Å². The average Bonchev–Trinajstić information content (AvgIpc) is 2.64. The molecule has 0 unspecified atom stereocenters. The molecule has 3 rings (SSSR count). The van der Waals surface area contributed by atoms with Crippen LogP contribution in [0.25, 0.3) is 0 Å². The van der Waals surface area contributed by atoms with Crippen LogP contribution in [0.5, 0.6) is 0 Å². The van der Waals surface area contributed by atoms with Gasteiger partial charge in [0.1, 0.15) is 0 Å². The summed E-state index contributed by atoms with van der Waals surface area (Å²) in [6.45, 7) is 1.46. The van der Waals surface area contributed by atoms with Gasteiger partial charge < -0.3 is 10.6 Å². The number of carbonyl (C=O) groups is 2. The van der Waals surface area contributed by atoms with Crippen LogP contribution in [-0.2, 0) is 4.79 Å². The Kier molecular flexibility index (Phi) is 5.49. The van der Waals surface area contributed by atoms with Gasteiger partial charge in [0.05, 0.1) is 0 Å². The molecule has 0 aromatic heterocycles. The molecule has 1 fully saturated rings.